The first-order chi connectivity index (χ1) is 15.6. The lowest BCUT2D eigenvalue weighted by Crippen LogP contribution is -2.58. The number of piperidine rings is 1. The summed E-state index contributed by atoms with van der Waals surface area (Å²) in [6.07, 6.45) is 2.04. The summed E-state index contributed by atoms with van der Waals surface area (Å²) in [4.78, 5) is 37.5. The predicted octanol–water partition coefficient (Wildman–Crippen LogP) is 2.16. The van der Waals surface area contributed by atoms with Crippen LogP contribution in [0.15, 0.2) is 36.9 Å². The molecule has 9 nitrogen and oxygen atoms in total. The average molecular weight is 471 g/mol. The zero-order valence-electron chi connectivity index (χ0n) is 17.3. The van der Waals surface area contributed by atoms with E-state index in [0.717, 1.165) is 12.8 Å². The molecular weight excluding hydrogens is 450 g/mol. The van der Waals surface area contributed by atoms with Gasteiger partial charge >= 0.3 is 12.1 Å². The number of hydrogen-bond donors (Lipinski definition) is 1. The minimum atomic E-state index is -5.08. The number of carbonyl (C=O) groups is 2. The van der Waals surface area contributed by atoms with Crippen molar-refractivity contribution in [3.05, 3.63) is 48.3 Å². The van der Waals surface area contributed by atoms with Gasteiger partial charge in [0.25, 0.3) is 5.91 Å². The van der Waals surface area contributed by atoms with Crippen LogP contribution in [-0.4, -0.2) is 81.4 Å². The molecule has 178 valence electrons. The van der Waals surface area contributed by atoms with E-state index < -0.39 is 18.0 Å². The van der Waals surface area contributed by atoms with Crippen LogP contribution in [0.25, 0.3) is 0 Å². The monoisotopic (exact) mass is 471 g/mol. The van der Waals surface area contributed by atoms with Crippen molar-refractivity contribution in [3.63, 3.8) is 0 Å². The number of alkyl halides is 3. The van der Waals surface area contributed by atoms with E-state index in [1.54, 1.807) is 24.5 Å². The van der Waals surface area contributed by atoms with Gasteiger partial charge in [0.05, 0.1) is 31.1 Å². The minimum absolute atomic E-state index is 0.0248. The number of ether oxygens (including phenoxy) is 1. The molecule has 0 aliphatic carbocycles. The van der Waals surface area contributed by atoms with Gasteiger partial charge in [-0.15, -0.1) is 0 Å². The van der Waals surface area contributed by atoms with Gasteiger partial charge in [0.2, 0.25) is 5.95 Å². The van der Waals surface area contributed by atoms with Crippen LogP contribution in [0.1, 0.15) is 23.2 Å². The molecule has 0 bridgehead atoms. The third kappa shape index (κ3) is 6.34. The molecule has 0 saturated carbocycles. The Morgan fingerprint density at radius 2 is 1.64 bits per heavy atom. The Morgan fingerprint density at radius 1 is 1.06 bits per heavy atom. The van der Waals surface area contributed by atoms with E-state index in [-0.39, 0.29) is 11.5 Å². The molecule has 1 spiro atoms. The standard InChI is InChI=1S/C18H20FN5O2.C2HF3O2/c19-15-11-21-17(22-12-15)24-9-10-26-18(13-24)3-7-23(8-4-18)16(25)14-1-5-20-6-2-14;3-2(4,5)1(6)7/h1-2,5-6,11-12H,3-4,7-10,13H2;(H,6,7). The second-order valence-electron chi connectivity index (χ2n) is 7.49. The number of amides is 1. The van der Waals surface area contributed by atoms with Crippen LogP contribution in [-0.2, 0) is 9.53 Å². The lowest BCUT2D eigenvalue weighted by atomic mass is 9.89. The van der Waals surface area contributed by atoms with E-state index in [0.29, 0.717) is 44.3 Å². The zero-order chi connectivity index (χ0) is 24.1. The Hall–Kier alpha value is -3.35. The van der Waals surface area contributed by atoms with Gasteiger partial charge in [-0.2, -0.15) is 13.2 Å². The van der Waals surface area contributed by atoms with Crippen molar-refractivity contribution in [2.45, 2.75) is 24.6 Å². The van der Waals surface area contributed by atoms with Crippen LogP contribution in [0.5, 0.6) is 0 Å². The number of halogens is 4. The first kappa shape index (κ1) is 24.3. The number of pyridine rings is 1. The van der Waals surface area contributed by atoms with Crippen molar-refractivity contribution in [3.8, 4) is 0 Å². The molecule has 0 radical (unpaired) electrons. The van der Waals surface area contributed by atoms with Gasteiger partial charge in [-0.25, -0.2) is 19.2 Å². The second kappa shape index (κ2) is 10.1. The zero-order valence-corrected chi connectivity index (χ0v) is 17.3. The maximum atomic E-state index is 13.1. The Balaban J connectivity index is 0.000000383. The molecule has 1 N–H and O–H groups in total. The van der Waals surface area contributed by atoms with Crippen LogP contribution in [0.4, 0.5) is 23.5 Å². The molecule has 33 heavy (non-hydrogen) atoms. The van der Waals surface area contributed by atoms with Crippen molar-refractivity contribution in [1.82, 2.24) is 19.9 Å². The summed E-state index contributed by atoms with van der Waals surface area (Å²) in [5, 5.41) is 7.12. The Bertz CT molecular complexity index is 951. The first-order valence-electron chi connectivity index (χ1n) is 9.95. The largest absolute Gasteiger partial charge is 0.490 e. The number of morpholine rings is 1. The van der Waals surface area contributed by atoms with E-state index in [1.807, 2.05) is 9.80 Å². The third-order valence-electron chi connectivity index (χ3n) is 5.27. The highest BCUT2D eigenvalue weighted by Crippen LogP contribution is 2.31. The van der Waals surface area contributed by atoms with Gasteiger partial charge in [-0.05, 0) is 25.0 Å². The van der Waals surface area contributed by atoms with Crippen LogP contribution in [0.3, 0.4) is 0 Å². The number of anilines is 1. The van der Waals surface area contributed by atoms with Crippen LogP contribution < -0.4 is 4.90 Å². The minimum Gasteiger partial charge on any atom is -0.475 e. The number of carboxylic acid groups (broad SMARTS) is 1. The average Bonchev–Trinajstić information content (AvgIpc) is 2.80. The molecule has 0 unspecified atom stereocenters. The van der Waals surface area contributed by atoms with Crippen molar-refractivity contribution in [1.29, 1.82) is 0 Å². The van der Waals surface area contributed by atoms with Crippen LogP contribution >= 0.6 is 0 Å². The molecule has 2 aliphatic heterocycles. The van der Waals surface area contributed by atoms with Crippen molar-refractivity contribution in [2.24, 2.45) is 0 Å². The summed E-state index contributed by atoms with van der Waals surface area (Å²) in [5.74, 6) is -2.66. The Kier molecular flexibility index (Phi) is 7.41. The molecule has 2 aromatic heterocycles. The number of hydrogen-bond acceptors (Lipinski definition) is 7. The molecule has 2 saturated heterocycles. The summed E-state index contributed by atoms with van der Waals surface area (Å²) in [5.41, 5.74) is 0.340. The second-order valence-corrected chi connectivity index (χ2v) is 7.49. The number of nitrogens with zero attached hydrogens (tertiary/aromatic N) is 5. The van der Waals surface area contributed by atoms with E-state index >= 15 is 0 Å². The molecule has 2 aliphatic rings. The number of aliphatic carboxylic acids is 1. The number of carboxylic acids is 1. The van der Waals surface area contributed by atoms with Crippen LogP contribution in [0, 0.1) is 5.82 Å². The normalized spacial score (nSPS) is 17.8. The smallest absolute Gasteiger partial charge is 0.475 e. The predicted molar refractivity (Wildman–Crippen MR) is 106 cm³/mol. The van der Waals surface area contributed by atoms with Crippen molar-refractivity contribution < 1.29 is 37.0 Å². The van der Waals surface area contributed by atoms with Crippen molar-refractivity contribution in [2.75, 3.05) is 37.7 Å². The van der Waals surface area contributed by atoms with E-state index in [9.17, 15) is 22.4 Å². The topological polar surface area (TPSA) is 109 Å². The van der Waals surface area contributed by atoms with Gasteiger partial charge in [-0.1, -0.05) is 0 Å². The fourth-order valence-corrected chi connectivity index (χ4v) is 3.58. The summed E-state index contributed by atoms with van der Waals surface area (Å²) >= 11 is 0. The fourth-order valence-electron chi connectivity index (χ4n) is 3.58. The molecule has 0 aromatic carbocycles. The highest BCUT2D eigenvalue weighted by atomic mass is 19.4. The van der Waals surface area contributed by atoms with E-state index in [4.69, 9.17) is 14.6 Å². The highest BCUT2D eigenvalue weighted by molar-refractivity contribution is 5.94. The van der Waals surface area contributed by atoms with Gasteiger partial charge in [0.15, 0.2) is 5.82 Å². The van der Waals surface area contributed by atoms with E-state index in [1.165, 1.54) is 12.4 Å². The number of aromatic nitrogens is 3. The summed E-state index contributed by atoms with van der Waals surface area (Å²) in [6, 6.07) is 3.47. The molecule has 0 atom stereocenters. The summed E-state index contributed by atoms with van der Waals surface area (Å²) in [6.45, 7) is 3.17. The third-order valence-corrected chi connectivity index (χ3v) is 5.27. The Morgan fingerprint density at radius 3 is 2.18 bits per heavy atom. The number of likely N-dealkylation sites (tertiary alicyclic amines) is 1. The SMILES string of the molecule is O=C(O)C(F)(F)F.O=C(c1ccncc1)N1CCC2(CC1)CN(c1ncc(F)cn1)CCO2. The summed E-state index contributed by atoms with van der Waals surface area (Å²) in [7, 11) is 0. The molecule has 4 rings (SSSR count). The number of carbonyl (C=O) groups excluding carboxylic acids is 1. The van der Waals surface area contributed by atoms with Gasteiger partial charge < -0.3 is 19.6 Å². The quantitative estimate of drug-likeness (QED) is 0.664. The van der Waals surface area contributed by atoms with Gasteiger partial charge in [-0.3, -0.25) is 9.78 Å². The molecule has 4 heterocycles. The molecular formula is C20H21F4N5O4. The lowest BCUT2D eigenvalue weighted by Gasteiger charge is -2.47. The van der Waals surface area contributed by atoms with Crippen molar-refractivity contribution >= 4 is 17.8 Å². The van der Waals surface area contributed by atoms with Crippen LogP contribution in [0.2, 0.25) is 0 Å². The molecule has 2 aromatic rings. The van der Waals surface area contributed by atoms with Gasteiger partial charge in [0, 0.05) is 37.6 Å². The Labute approximate surface area is 186 Å². The highest BCUT2D eigenvalue weighted by Gasteiger charge is 2.41. The molecule has 1 amide bonds. The van der Waals surface area contributed by atoms with E-state index in [2.05, 4.69) is 15.0 Å². The number of rotatable bonds is 2. The lowest BCUT2D eigenvalue weighted by molar-refractivity contribution is -0.192. The molecule has 13 heteroatoms. The summed E-state index contributed by atoms with van der Waals surface area (Å²) < 4.78 is 50.9. The van der Waals surface area contributed by atoms with Gasteiger partial charge in [0.1, 0.15) is 0 Å². The fraction of sp³-hybridized carbons (Fsp3) is 0.450. The first-order valence-corrected chi connectivity index (χ1v) is 9.95. The molecule has 2 fully saturated rings. The maximum absolute atomic E-state index is 13.1. The maximum Gasteiger partial charge on any atom is 0.490 e.